The van der Waals surface area contributed by atoms with Gasteiger partial charge in [0, 0.05) is 12.6 Å². The zero-order chi connectivity index (χ0) is 14.8. The lowest BCUT2D eigenvalue weighted by molar-refractivity contribution is -0.123. The second kappa shape index (κ2) is 5.54. The van der Waals surface area contributed by atoms with Crippen LogP contribution in [0, 0.1) is 12.5 Å². The topological polar surface area (TPSA) is 44.7 Å². The van der Waals surface area contributed by atoms with Gasteiger partial charge in [-0.15, -0.1) is 0 Å². The average Bonchev–Trinajstić information content (AvgIpc) is 2.45. The number of nitrogens with zero attached hydrogens (tertiary/aromatic N) is 2. The molecule has 106 valence electrons. The number of piperidine rings is 1. The Morgan fingerprint density at radius 3 is 2.75 bits per heavy atom. The van der Waals surface area contributed by atoms with E-state index in [1.54, 1.807) is 0 Å². The standard InChI is InChI=1S/C16H21N3O/c1-5-12-13(6-2)19(8-4)14(7-3)16(18-12)9-10-17-15(20)11-16/h4,6-7H,5,9-11H2,1-3H3,(H,17,20)/b13-6+,14-7?. The van der Waals surface area contributed by atoms with Gasteiger partial charge in [0.2, 0.25) is 5.91 Å². The molecule has 20 heavy (non-hydrogen) atoms. The van der Waals surface area contributed by atoms with E-state index in [0.717, 1.165) is 29.9 Å². The van der Waals surface area contributed by atoms with E-state index in [1.807, 2.05) is 30.9 Å². The van der Waals surface area contributed by atoms with Crippen LogP contribution < -0.4 is 5.32 Å². The lowest BCUT2D eigenvalue weighted by Gasteiger charge is -2.44. The van der Waals surface area contributed by atoms with Crippen molar-refractivity contribution in [3.05, 3.63) is 23.5 Å². The van der Waals surface area contributed by atoms with Crippen LogP contribution in [0.15, 0.2) is 28.5 Å². The molecule has 0 aromatic carbocycles. The van der Waals surface area contributed by atoms with Crippen LogP contribution in [-0.2, 0) is 4.79 Å². The van der Waals surface area contributed by atoms with Crippen LogP contribution in [0.1, 0.15) is 40.0 Å². The Morgan fingerprint density at radius 2 is 2.25 bits per heavy atom. The minimum absolute atomic E-state index is 0.0377. The number of amides is 1. The largest absolute Gasteiger partial charge is 0.356 e. The van der Waals surface area contributed by atoms with Crippen LogP contribution in [0.4, 0.5) is 0 Å². The molecular formula is C16H21N3O. The van der Waals surface area contributed by atoms with Crippen molar-refractivity contribution in [1.29, 1.82) is 0 Å². The van der Waals surface area contributed by atoms with Gasteiger partial charge >= 0.3 is 0 Å². The van der Waals surface area contributed by atoms with Gasteiger partial charge in [-0.05, 0) is 26.7 Å². The van der Waals surface area contributed by atoms with Crippen molar-refractivity contribution >= 4 is 11.6 Å². The summed E-state index contributed by atoms with van der Waals surface area (Å²) in [6, 6.07) is 2.74. The molecule has 2 aliphatic heterocycles. The Hall–Kier alpha value is -2.02. The highest BCUT2D eigenvalue weighted by molar-refractivity contribution is 6.02. The highest BCUT2D eigenvalue weighted by Gasteiger charge is 2.45. The number of hydrogen-bond acceptors (Lipinski definition) is 3. The number of allylic oxidation sites excluding steroid dienone is 3. The summed E-state index contributed by atoms with van der Waals surface area (Å²) in [5.41, 5.74) is 2.38. The van der Waals surface area contributed by atoms with Gasteiger partial charge in [-0.1, -0.05) is 25.5 Å². The first-order valence-corrected chi connectivity index (χ1v) is 7.07. The van der Waals surface area contributed by atoms with E-state index in [1.165, 1.54) is 0 Å². The molecule has 1 spiro atoms. The molecule has 0 aromatic rings. The van der Waals surface area contributed by atoms with Crippen LogP contribution in [0.5, 0.6) is 0 Å². The second-order valence-corrected chi connectivity index (χ2v) is 5.03. The summed E-state index contributed by atoms with van der Waals surface area (Å²) in [5, 5.41) is 2.87. The molecule has 4 heteroatoms. The van der Waals surface area contributed by atoms with E-state index in [4.69, 9.17) is 11.4 Å². The zero-order valence-electron chi connectivity index (χ0n) is 12.4. The van der Waals surface area contributed by atoms with Gasteiger partial charge < -0.3 is 5.32 Å². The predicted molar refractivity (Wildman–Crippen MR) is 80.9 cm³/mol. The third-order valence-electron chi connectivity index (χ3n) is 3.93. The van der Waals surface area contributed by atoms with Crippen molar-refractivity contribution in [1.82, 2.24) is 10.2 Å². The van der Waals surface area contributed by atoms with Crippen molar-refractivity contribution < 1.29 is 4.79 Å². The molecule has 1 atom stereocenters. The zero-order valence-corrected chi connectivity index (χ0v) is 12.4. The molecule has 1 saturated heterocycles. The van der Waals surface area contributed by atoms with Crippen LogP contribution in [0.2, 0.25) is 0 Å². The Bertz CT molecular complexity index is 551. The fraction of sp³-hybridized carbons (Fsp3) is 0.500. The third kappa shape index (κ3) is 2.14. The molecule has 2 heterocycles. The van der Waals surface area contributed by atoms with E-state index in [2.05, 4.69) is 18.3 Å². The summed E-state index contributed by atoms with van der Waals surface area (Å²) in [5.74, 6) is 0.0377. The molecular weight excluding hydrogens is 250 g/mol. The Balaban J connectivity index is 2.61. The molecule has 1 fully saturated rings. The van der Waals surface area contributed by atoms with Crippen LogP contribution in [0.3, 0.4) is 0 Å². The van der Waals surface area contributed by atoms with Crippen LogP contribution >= 0.6 is 0 Å². The van der Waals surface area contributed by atoms with Gasteiger partial charge in [-0.3, -0.25) is 14.7 Å². The minimum atomic E-state index is -0.499. The first-order valence-electron chi connectivity index (χ1n) is 7.07. The molecule has 1 unspecified atom stereocenters. The van der Waals surface area contributed by atoms with E-state index in [-0.39, 0.29) is 5.91 Å². The second-order valence-electron chi connectivity index (χ2n) is 5.03. The van der Waals surface area contributed by atoms with E-state index in [0.29, 0.717) is 13.0 Å². The summed E-state index contributed by atoms with van der Waals surface area (Å²) in [6.45, 7) is 6.62. The van der Waals surface area contributed by atoms with Gasteiger partial charge in [0.05, 0.1) is 23.5 Å². The first-order chi connectivity index (χ1) is 9.61. The number of nitrogens with one attached hydrogen (secondary N) is 1. The highest BCUT2D eigenvalue weighted by Crippen LogP contribution is 2.40. The summed E-state index contributed by atoms with van der Waals surface area (Å²) >= 11 is 0. The van der Waals surface area contributed by atoms with Gasteiger partial charge in [0.25, 0.3) is 0 Å². The smallest absolute Gasteiger partial charge is 0.222 e. The van der Waals surface area contributed by atoms with Gasteiger partial charge in [0.1, 0.15) is 5.54 Å². The molecule has 2 rings (SSSR count). The van der Waals surface area contributed by atoms with Gasteiger partial charge in [-0.25, -0.2) is 0 Å². The molecule has 0 radical (unpaired) electrons. The lowest BCUT2D eigenvalue weighted by Crippen LogP contribution is -2.51. The Kier molecular flexibility index (Phi) is 3.99. The maximum Gasteiger partial charge on any atom is 0.222 e. The first kappa shape index (κ1) is 14.4. The quantitative estimate of drug-likeness (QED) is 0.743. The van der Waals surface area contributed by atoms with Crippen LogP contribution in [0.25, 0.3) is 0 Å². The van der Waals surface area contributed by atoms with Crippen molar-refractivity contribution in [2.24, 2.45) is 4.99 Å². The molecule has 0 saturated carbocycles. The molecule has 0 aromatic heterocycles. The van der Waals surface area contributed by atoms with Crippen molar-refractivity contribution in [2.75, 3.05) is 6.54 Å². The predicted octanol–water partition coefficient (Wildman–Crippen LogP) is 2.20. The fourth-order valence-corrected chi connectivity index (χ4v) is 3.07. The monoisotopic (exact) mass is 271 g/mol. The van der Waals surface area contributed by atoms with Crippen molar-refractivity contribution in [3.63, 3.8) is 0 Å². The average molecular weight is 271 g/mol. The number of carbonyl (C=O) groups excluding carboxylic acids is 1. The molecule has 0 aliphatic carbocycles. The van der Waals surface area contributed by atoms with Gasteiger partial charge in [-0.2, -0.15) is 0 Å². The molecule has 1 amide bonds. The fourth-order valence-electron chi connectivity index (χ4n) is 3.07. The maximum absolute atomic E-state index is 11.8. The third-order valence-corrected chi connectivity index (χ3v) is 3.93. The molecule has 1 N–H and O–H groups in total. The van der Waals surface area contributed by atoms with Gasteiger partial charge in [0.15, 0.2) is 0 Å². The number of rotatable bonds is 1. The lowest BCUT2D eigenvalue weighted by atomic mass is 9.81. The number of aliphatic imine (C=N–C) groups is 1. The summed E-state index contributed by atoms with van der Waals surface area (Å²) in [7, 11) is 0. The molecule has 4 nitrogen and oxygen atoms in total. The minimum Gasteiger partial charge on any atom is -0.356 e. The number of carbonyl (C=O) groups is 1. The van der Waals surface area contributed by atoms with E-state index < -0.39 is 5.54 Å². The van der Waals surface area contributed by atoms with E-state index in [9.17, 15) is 4.79 Å². The van der Waals surface area contributed by atoms with Crippen LogP contribution in [-0.4, -0.2) is 28.6 Å². The number of hydrogen-bond donors (Lipinski definition) is 1. The van der Waals surface area contributed by atoms with E-state index >= 15 is 0 Å². The number of terminal acetylenes is 1. The Labute approximate surface area is 120 Å². The molecule has 2 aliphatic rings. The summed E-state index contributed by atoms with van der Waals surface area (Å²) < 4.78 is 0. The van der Waals surface area contributed by atoms with Crippen molar-refractivity contribution in [2.45, 2.75) is 45.6 Å². The summed E-state index contributed by atoms with van der Waals surface area (Å²) in [6.07, 6.45) is 11.6. The maximum atomic E-state index is 11.8. The summed E-state index contributed by atoms with van der Waals surface area (Å²) in [4.78, 5) is 18.6. The molecule has 0 bridgehead atoms. The Morgan fingerprint density at radius 1 is 1.50 bits per heavy atom. The normalized spacial score (nSPS) is 30.4. The highest BCUT2D eigenvalue weighted by atomic mass is 16.1. The van der Waals surface area contributed by atoms with Crippen molar-refractivity contribution in [3.8, 4) is 12.5 Å². The SMILES string of the molecule is C#CN1C(=CC)C2(CCNC(=O)C2)N=C(CC)/C1=C\C.